The molecule has 1 unspecified atom stereocenters. The molecule has 1 atom stereocenters. The molecule has 2 heterocycles. The van der Waals surface area contributed by atoms with E-state index in [1.807, 2.05) is 13.0 Å². The number of amides is 1. The average Bonchev–Trinajstić information content (AvgIpc) is 2.86. The first kappa shape index (κ1) is 14.3. The van der Waals surface area contributed by atoms with E-state index < -0.39 is 0 Å². The molecule has 1 N–H and O–H groups in total. The molecule has 4 nitrogen and oxygen atoms in total. The molecule has 5 heteroatoms. The van der Waals surface area contributed by atoms with Gasteiger partial charge in [0.05, 0.1) is 0 Å². The SMILES string of the molecule is CCN1CCCC1CNC(=O)c1ccc(C)c(Cl)n1. The molecule has 0 spiro atoms. The molecule has 0 aliphatic carbocycles. The van der Waals surface area contributed by atoms with E-state index in [0.29, 0.717) is 23.4 Å². The number of hydrogen-bond donors (Lipinski definition) is 1. The summed E-state index contributed by atoms with van der Waals surface area (Å²) < 4.78 is 0. The molecule has 1 aliphatic heterocycles. The summed E-state index contributed by atoms with van der Waals surface area (Å²) in [6, 6.07) is 3.98. The molecule has 1 aliphatic rings. The van der Waals surface area contributed by atoms with Crippen molar-refractivity contribution in [2.75, 3.05) is 19.6 Å². The molecule has 0 saturated carbocycles. The molecule has 0 bridgehead atoms. The van der Waals surface area contributed by atoms with E-state index in [0.717, 1.165) is 25.1 Å². The molecule has 2 rings (SSSR count). The summed E-state index contributed by atoms with van der Waals surface area (Å²) in [7, 11) is 0. The number of halogens is 1. The Bertz CT molecular complexity index is 464. The van der Waals surface area contributed by atoms with Gasteiger partial charge in [0.15, 0.2) is 0 Å². The Labute approximate surface area is 119 Å². The van der Waals surface area contributed by atoms with Crippen molar-refractivity contribution in [3.05, 3.63) is 28.5 Å². The first-order valence-corrected chi connectivity index (χ1v) is 7.15. The molecule has 0 aromatic carbocycles. The molecular formula is C14H20ClN3O. The van der Waals surface area contributed by atoms with Crippen LogP contribution in [0.2, 0.25) is 5.15 Å². The van der Waals surface area contributed by atoms with E-state index in [1.165, 1.54) is 6.42 Å². The minimum atomic E-state index is -0.148. The van der Waals surface area contributed by atoms with E-state index in [4.69, 9.17) is 11.6 Å². The Morgan fingerprint density at radius 2 is 2.37 bits per heavy atom. The summed E-state index contributed by atoms with van der Waals surface area (Å²) in [6.45, 7) is 6.87. The average molecular weight is 282 g/mol. The minimum absolute atomic E-state index is 0.148. The summed E-state index contributed by atoms with van der Waals surface area (Å²) >= 11 is 5.93. The molecule has 1 fully saturated rings. The highest BCUT2D eigenvalue weighted by atomic mass is 35.5. The lowest BCUT2D eigenvalue weighted by atomic mass is 10.2. The summed E-state index contributed by atoms with van der Waals surface area (Å²) in [6.07, 6.45) is 2.36. The highest BCUT2D eigenvalue weighted by Gasteiger charge is 2.23. The Balaban J connectivity index is 1.92. The number of nitrogens with zero attached hydrogens (tertiary/aromatic N) is 2. The lowest BCUT2D eigenvalue weighted by Gasteiger charge is -2.22. The van der Waals surface area contributed by atoms with Crippen LogP contribution in [-0.4, -0.2) is 41.5 Å². The van der Waals surface area contributed by atoms with Crippen LogP contribution >= 0.6 is 11.6 Å². The van der Waals surface area contributed by atoms with Gasteiger partial charge in [0.25, 0.3) is 5.91 Å². The maximum absolute atomic E-state index is 12.0. The van der Waals surface area contributed by atoms with Gasteiger partial charge < -0.3 is 5.32 Å². The van der Waals surface area contributed by atoms with Crippen LogP contribution in [-0.2, 0) is 0 Å². The molecular weight excluding hydrogens is 262 g/mol. The largest absolute Gasteiger partial charge is 0.349 e. The van der Waals surface area contributed by atoms with Crippen molar-refractivity contribution in [2.45, 2.75) is 32.7 Å². The number of aryl methyl sites for hydroxylation is 1. The van der Waals surface area contributed by atoms with Crippen molar-refractivity contribution in [2.24, 2.45) is 0 Å². The fourth-order valence-electron chi connectivity index (χ4n) is 2.47. The minimum Gasteiger partial charge on any atom is -0.349 e. The number of pyridine rings is 1. The molecule has 104 valence electrons. The van der Waals surface area contributed by atoms with Crippen molar-refractivity contribution < 1.29 is 4.79 Å². The van der Waals surface area contributed by atoms with E-state index in [2.05, 4.69) is 22.1 Å². The van der Waals surface area contributed by atoms with Crippen LogP contribution in [0.3, 0.4) is 0 Å². The third-order valence-electron chi connectivity index (χ3n) is 3.67. The van der Waals surface area contributed by atoms with Crippen LogP contribution < -0.4 is 5.32 Å². The zero-order valence-electron chi connectivity index (χ0n) is 11.4. The summed E-state index contributed by atoms with van der Waals surface area (Å²) in [5.74, 6) is -0.148. The van der Waals surface area contributed by atoms with Crippen LogP contribution in [0.5, 0.6) is 0 Å². The third-order valence-corrected chi connectivity index (χ3v) is 4.05. The second-order valence-electron chi connectivity index (χ2n) is 4.94. The molecule has 1 saturated heterocycles. The Morgan fingerprint density at radius 1 is 1.58 bits per heavy atom. The van der Waals surface area contributed by atoms with Crippen LogP contribution in [0, 0.1) is 6.92 Å². The molecule has 1 aromatic heterocycles. The lowest BCUT2D eigenvalue weighted by Crippen LogP contribution is -2.40. The Morgan fingerprint density at radius 3 is 3.05 bits per heavy atom. The normalized spacial score (nSPS) is 19.6. The van der Waals surface area contributed by atoms with Gasteiger partial charge in [-0.1, -0.05) is 24.6 Å². The number of rotatable bonds is 4. The van der Waals surface area contributed by atoms with Gasteiger partial charge >= 0.3 is 0 Å². The second-order valence-corrected chi connectivity index (χ2v) is 5.30. The van der Waals surface area contributed by atoms with Gasteiger partial charge in [-0.2, -0.15) is 0 Å². The predicted molar refractivity (Wildman–Crippen MR) is 76.6 cm³/mol. The lowest BCUT2D eigenvalue weighted by molar-refractivity contribution is 0.0936. The molecule has 1 amide bonds. The van der Waals surface area contributed by atoms with Gasteiger partial charge in [-0.05, 0) is 44.5 Å². The fourth-order valence-corrected chi connectivity index (χ4v) is 2.63. The summed E-state index contributed by atoms with van der Waals surface area (Å²) in [5, 5.41) is 3.34. The van der Waals surface area contributed by atoms with Gasteiger partial charge in [-0.15, -0.1) is 0 Å². The third kappa shape index (κ3) is 3.45. The number of hydrogen-bond acceptors (Lipinski definition) is 3. The van der Waals surface area contributed by atoms with Crippen molar-refractivity contribution in [3.63, 3.8) is 0 Å². The smallest absolute Gasteiger partial charge is 0.269 e. The maximum atomic E-state index is 12.0. The van der Waals surface area contributed by atoms with Crippen LogP contribution in [0.15, 0.2) is 12.1 Å². The number of likely N-dealkylation sites (tertiary alicyclic amines) is 1. The van der Waals surface area contributed by atoms with Gasteiger partial charge in [0, 0.05) is 12.6 Å². The van der Waals surface area contributed by atoms with Gasteiger partial charge in [-0.3, -0.25) is 9.69 Å². The second kappa shape index (κ2) is 6.35. The standard InChI is InChI=1S/C14H20ClN3O/c1-3-18-8-4-5-11(18)9-16-14(19)12-7-6-10(2)13(15)17-12/h6-7,11H,3-5,8-9H2,1-2H3,(H,16,19). The van der Waals surface area contributed by atoms with E-state index in [1.54, 1.807) is 6.07 Å². The summed E-state index contributed by atoms with van der Waals surface area (Å²) in [4.78, 5) is 18.5. The molecule has 1 aromatic rings. The quantitative estimate of drug-likeness (QED) is 0.861. The molecule has 19 heavy (non-hydrogen) atoms. The monoisotopic (exact) mass is 281 g/mol. The number of likely N-dealkylation sites (N-methyl/N-ethyl adjacent to an activating group) is 1. The number of nitrogens with one attached hydrogen (secondary N) is 1. The van der Waals surface area contributed by atoms with Crippen molar-refractivity contribution in [1.82, 2.24) is 15.2 Å². The van der Waals surface area contributed by atoms with E-state index >= 15 is 0 Å². The predicted octanol–water partition coefficient (Wildman–Crippen LogP) is 2.26. The van der Waals surface area contributed by atoms with Gasteiger partial charge in [0.2, 0.25) is 0 Å². The zero-order chi connectivity index (χ0) is 13.8. The van der Waals surface area contributed by atoms with Crippen LogP contribution in [0.25, 0.3) is 0 Å². The number of carbonyl (C=O) groups excluding carboxylic acids is 1. The summed E-state index contributed by atoms with van der Waals surface area (Å²) in [5.41, 5.74) is 1.27. The van der Waals surface area contributed by atoms with Crippen molar-refractivity contribution >= 4 is 17.5 Å². The highest BCUT2D eigenvalue weighted by molar-refractivity contribution is 6.30. The Kier molecular flexibility index (Phi) is 4.77. The topological polar surface area (TPSA) is 45.2 Å². The van der Waals surface area contributed by atoms with Gasteiger partial charge in [-0.25, -0.2) is 4.98 Å². The fraction of sp³-hybridized carbons (Fsp3) is 0.571. The molecule has 0 radical (unpaired) electrons. The van der Waals surface area contributed by atoms with Gasteiger partial charge in [0.1, 0.15) is 10.8 Å². The zero-order valence-corrected chi connectivity index (χ0v) is 12.2. The first-order valence-electron chi connectivity index (χ1n) is 6.77. The first-order chi connectivity index (χ1) is 9.11. The highest BCUT2D eigenvalue weighted by Crippen LogP contribution is 2.16. The van der Waals surface area contributed by atoms with Crippen LogP contribution in [0.4, 0.5) is 0 Å². The van der Waals surface area contributed by atoms with Crippen LogP contribution in [0.1, 0.15) is 35.8 Å². The Hall–Kier alpha value is -1.13. The van der Waals surface area contributed by atoms with Crippen molar-refractivity contribution in [1.29, 1.82) is 0 Å². The number of carbonyl (C=O) groups is 1. The van der Waals surface area contributed by atoms with E-state index in [-0.39, 0.29) is 5.91 Å². The van der Waals surface area contributed by atoms with Crippen molar-refractivity contribution in [3.8, 4) is 0 Å². The van der Waals surface area contributed by atoms with E-state index in [9.17, 15) is 4.79 Å². The maximum Gasteiger partial charge on any atom is 0.269 e. The number of aromatic nitrogens is 1.